The molecule has 0 aliphatic carbocycles. The van der Waals surface area contributed by atoms with Crippen LogP contribution in [0, 0.1) is 17.0 Å². The van der Waals surface area contributed by atoms with E-state index in [0.717, 1.165) is 25.3 Å². The van der Waals surface area contributed by atoms with Crippen molar-refractivity contribution in [3.8, 4) is 0 Å². The van der Waals surface area contributed by atoms with Gasteiger partial charge in [0.2, 0.25) is 5.82 Å². The van der Waals surface area contributed by atoms with Crippen LogP contribution in [-0.2, 0) is 0 Å². The Hall–Kier alpha value is -1.69. The first-order valence-electron chi connectivity index (χ1n) is 7.25. The highest BCUT2D eigenvalue weighted by Gasteiger charge is 2.15. The number of likely N-dealkylation sites (tertiary alicyclic amines) is 1. The van der Waals surface area contributed by atoms with Gasteiger partial charge in [0.05, 0.1) is 4.92 Å². The number of aromatic nitrogens is 1. The van der Waals surface area contributed by atoms with Crippen LogP contribution < -0.4 is 5.32 Å². The Balaban J connectivity index is 1.89. The van der Waals surface area contributed by atoms with Gasteiger partial charge in [-0.3, -0.25) is 10.1 Å². The molecule has 110 valence electrons. The molecule has 20 heavy (non-hydrogen) atoms. The van der Waals surface area contributed by atoms with Gasteiger partial charge in [0.1, 0.15) is 0 Å². The van der Waals surface area contributed by atoms with E-state index in [1.165, 1.54) is 31.7 Å². The highest BCUT2D eigenvalue weighted by atomic mass is 16.6. The molecule has 0 atom stereocenters. The second-order valence-corrected chi connectivity index (χ2v) is 5.26. The van der Waals surface area contributed by atoms with Crippen molar-refractivity contribution in [2.75, 3.05) is 31.5 Å². The standard InChI is InChI=1S/C14H22N4O2/c1-12-6-7-13(18(19)20)14(16-12)15-8-11-17-9-4-2-3-5-10-17/h6-7H,2-5,8-11H2,1H3,(H,15,16). The maximum absolute atomic E-state index is 11.0. The fraction of sp³-hybridized carbons (Fsp3) is 0.643. The van der Waals surface area contributed by atoms with Gasteiger partial charge in [-0.25, -0.2) is 4.98 Å². The zero-order valence-electron chi connectivity index (χ0n) is 12.0. The van der Waals surface area contributed by atoms with Crippen LogP contribution in [0.3, 0.4) is 0 Å². The third kappa shape index (κ3) is 4.16. The predicted molar refractivity (Wildman–Crippen MR) is 79.0 cm³/mol. The van der Waals surface area contributed by atoms with Crippen molar-refractivity contribution in [1.82, 2.24) is 9.88 Å². The lowest BCUT2D eigenvalue weighted by atomic mass is 10.2. The third-order valence-electron chi connectivity index (χ3n) is 3.63. The van der Waals surface area contributed by atoms with Crippen molar-refractivity contribution in [1.29, 1.82) is 0 Å². The monoisotopic (exact) mass is 278 g/mol. The van der Waals surface area contributed by atoms with Crippen molar-refractivity contribution >= 4 is 11.5 Å². The molecule has 0 aromatic carbocycles. The largest absolute Gasteiger partial charge is 0.363 e. The van der Waals surface area contributed by atoms with Crippen LogP contribution >= 0.6 is 0 Å². The number of nitrogens with one attached hydrogen (secondary N) is 1. The summed E-state index contributed by atoms with van der Waals surface area (Å²) in [5.41, 5.74) is 0.833. The molecule has 6 nitrogen and oxygen atoms in total. The van der Waals surface area contributed by atoms with Crippen LogP contribution in [0.4, 0.5) is 11.5 Å². The smallest absolute Gasteiger partial charge is 0.311 e. The highest BCUT2D eigenvalue weighted by Crippen LogP contribution is 2.21. The molecule has 1 saturated heterocycles. The summed E-state index contributed by atoms with van der Waals surface area (Å²) in [6.45, 7) is 5.70. The van der Waals surface area contributed by atoms with Gasteiger partial charge in [-0.15, -0.1) is 0 Å². The van der Waals surface area contributed by atoms with Crippen molar-refractivity contribution in [2.45, 2.75) is 32.6 Å². The van der Waals surface area contributed by atoms with E-state index >= 15 is 0 Å². The van der Waals surface area contributed by atoms with Gasteiger partial charge in [-0.1, -0.05) is 12.8 Å². The first-order chi connectivity index (χ1) is 9.66. The van der Waals surface area contributed by atoms with E-state index in [-0.39, 0.29) is 10.6 Å². The Labute approximate surface area is 119 Å². The van der Waals surface area contributed by atoms with Crippen LogP contribution in [0.15, 0.2) is 12.1 Å². The van der Waals surface area contributed by atoms with E-state index in [1.54, 1.807) is 6.07 Å². The number of pyridine rings is 1. The molecule has 0 amide bonds. The lowest BCUT2D eigenvalue weighted by molar-refractivity contribution is -0.384. The molecule has 2 heterocycles. The van der Waals surface area contributed by atoms with Gasteiger partial charge in [-0.2, -0.15) is 0 Å². The number of rotatable bonds is 5. The molecule has 0 spiro atoms. The van der Waals surface area contributed by atoms with Crippen LogP contribution in [0.25, 0.3) is 0 Å². The SMILES string of the molecule is Cc1ccc([N+](=O)[O-])c(NCCN2CCCCCC2)n1. The maximum Gasteiger partial charge on any atom is 0.311 e. The minimum Gasteiger partial charge on any atom is -0.363 e. The Bertz CT molecular complexity index is 456. The fourth-order valence-corrected chi connectivity index (χ4v) is 2.52. The minimum absolute atomic E-state index is 0.0477. The summed E-state index contributed by atoms with van der Waals surface area (Å²) < 4.78 is 0. The summed E-state index contributed by atoms with van der Waals surface area (Å²) in [6.07, 6.45) is 5.13. The van der Waals surface area contributed by atoms with Gasteiger partial charge < -0.3 is 10.2 Å². The molecule has 0 saturated carbocycles. The second kappa shape index (κ2) is 7.19. The summed E-state index contributed by atoms with van der Waals surface area (Å²) in [4.78, 5) is 17.2. The Morgan fingerprint density at radius 2 is 2.00 bits per heavy atom. The van der Waals surface area contributed by atoms with E-state index in [1.807, 2.05) is 6.92 Å². The van der Waals surface area contributed by atoms with Gasteiger partial charge >= 0.3 is 5.69 Å². The number of nitrogens with zero attached hydrogens (tertiary/aromatic N) is 3. The van der Waals surface area contributed by atoms with Crippen molar-refractivity contribution in [2.24, 2.45) is 0 Å². The molecule has 0 unspecified atom stereocenters. The van der Waals surface area contributed by atoms with Crippen LogP contribution in [0.1, 0.15) is 31.4 Å². The number of hydrogen-bond acceptors (Lipinski definition) is 5. The summed E-state index contributed by atoms with van der Waals surface area (Å²) in [7, 11) is 0. The number of aryl methyl sites for hydroxylation is 1. The lowest BCUT2D eigenvalue weighted by Gasteiger charge is -2.19. The number of hydrogen-bond donors (Lipinski definition) is 1. The molecule has 6 heteroatoms. The first-order valence-corrected chi connectivity index (χ1v) is 7.25. The van der Waals surface area contributed by atoms with Crippen LogP contribution in [0.2, 0.25) is 0 Å². The predicted octanol–water partition coefficient (Wildman–Crippen LogP) is 2.59. The number of nitro groups is 1. The second-order valence-electron chi connectivity index (χ2n) is 5.26. The van der Waals surface area contributed by atoms with Crippen LogP contribution in [0.5, 0.6) is 0 Å². The zero-order valence-corrected chi connectivity index (χ0v) is 12.0. The third-order valence-corrected chi connectivity index (χ3v) is 3.63. The van der Waals surface area contributed by atoms with E-state index in [9.17, 15) is 10.1 Å². The van der Waals surface area contributed by atoms with Crippen molar-refractivity contribution < 1.29 is 4.92 Å². The average molecular weight is 278 g/mol. The summed E-state index contributed by atoms with van der Waals surface area (Å²) >= 11 is 0. The van der Waals surface area contributed by atoms with E-state index in [4.69, 9.17) is 0 Å². The van der Waals surface area contributed by atoms with Crippen molar-refractivity contribution in [3.63, 3.8) is 0 Å². The molecule has 1 aliphatic heterocycles. The quantitative estimate of drug-likeness (QED) is 0.662. The van der Waals surface area contributed by atoms with Gasteiger partial charge in [0.15, 0.2) is 0 Å². The molecule has 0 radical (unpaired) electrons. The molecule has 2 rings (SSSR count). The van der Waals surface area contributed by atoms with E-state index in [0.29, 0.717) is 12.4 Å². The molecular weight excluding hydrogens is 256 g/mol. The average Bonchev–Trinajstić information content (AvgIpc) is 2.67. The fourth-order valence-electron chi connectivity index (χ4n) is 2.52. The molecular formula is C14H22N4O2. The topological polar surface area (TPSA) is 71.3 Å². The van der Waals surface area contributed by atoms with Gasteiger partial charge in [0.25, 0.3) is 0 Å². The molecule has 1 aromatic rings. The Morgan fingerprint density at radius 1 is 1.30 bits per heavy atom. The van der Waals surface area contributed by atoms with E-state index < -0.39 is 0 Å². The number of anilines is 1. The normalized spacial score (nSPS) is 16.6. The summed E-state index contributed by atoms with van der Waals surface area (Å²) in [6, 6.07) is 3.18. The first kappa shape index (κ1) is 14.7. The maximum atomic E-state index is 11.0. The summed E-state index contributed by atoms with van der Waals surface area (Å²) in [5.74, 6) is 0.379. The molecule has 1 N–H and O–H groups in total. The highest BCUT2D eigenvalue weighted by molar-refractivity contribution is 5.56. The zero-order chi connectivity index (χ0) is 14.4. The molecule has 1 aliphatic rings. The Morgan fingerprint density at radius 3 is 2.65 bits per heavy atom. The van der Waals surface area contributed by atoms with Crippen molar-refractivity contribution in [3.05, 3.63) is 27.9 Å². The Kier molecular flexibility index (Phi) is 5.29. The summed E-state index contributed by atoms with van der Waals surface area (Å²) in [5, 5.41) is 14.1. The lowest BCUT2D eigenvalue weighted by Crippen LogP contribution is -2.30. The van der Waals surface area contributed by atoms with E-state index in [2.05, 4.69) is 15.2 Å². The molecule has 1 fully saturated rings. The van der Waals surface area contributed by atoms with Crippen LogP contribution in [-0.4, -0.2) is 41.0 Å². The minimum atomic E-state index is -0.388. The van der Waals surface area contributed by atoms with Gasteiger partial charge in [-0.05, 0) is 38.9 Å². The van der Waals surface area contributed by atoms with Gasteiger partial charge in [0, 0.05) is 24.8 Å². The molecule has 0 bridgehead atoms. The molecule has 1 aromatic heterocycles.